The Hall–Kier alpha value is -1.67. The van der Waals surface area contributed by atoms with Gasteiger partial charge >= 0.3 is 5.97 Å². The number of aliphatic carboxylic acids is 1. The highest BCUT2D eigenvalue weighted by atomic mass is 32.2. The molecule has 1 aliphatic rings. The van der Waals surface area contributed by atoms with E-state index in [9.17, 15) is 13.2 Å². The zero-order chi connectivity index (χ0) is 13.9. The van der Waals surface area contributed by atoms with Crippen molar-refractivity contribution in [3.8, 4) is 0 Å². The minimum Gasteiger partial charge on any atom is -0.480 e. The molecule has 2 N–H and O–H groups in total. The quantitative estimate of drug-likeness (QED) is 0.735. The second-order valence-corrected chi connectivity index (χ2v) is 6.11. The summed E-state index contributed by atoms with van der Waals surface area (Å²) in [7, 11) is -3.63. The van der Waals surface area contributed by atoms with Crippen LogP contribution in [0.4, 0.5) is 0 Å². The summed E-state index contributed by atoms with van der Waals surface area (Å²) < 4.78 is 27.5. The summed E-state index contributed by atoms with van der Waals surface area (Å²) in [6.45, 7) is -0.0624. The van der Waals surface area contributed by atoms with E-state index in [0.717, 1.165) is 35.7 Å². The van der Waals surface area contributed by atoms with Gasteiger partial charge in [-0.2, -0.15) is 5.10 Å². The minimum absolute atomic E-state index is 0.0210. The summed E-state index contributed by atoms with van der Waals surface area (Å²) in [6.07, 6.45) is 7.37. The van der Waals surface area contributed by atoms with E-state index in [-0.39, 0.29) is 11.4 Å². The lowest BCUT2D eigenvalue weighted by Gasteiger charge is -2.05. The van der Waals surface area contributed by atoms with E-state index in [4.69, 9.17) is 5.11 Å². The Morgan fingerprint density at radius 1 is 1.53 bits per heavy atom. The number of rotatable bonds is 6. The Kier molecular flexibility index (Phi) is 4.01. The maximum Gasteiger partial charge on any atom is 0.325 e. The van der Waals surface area contributed by atoms with Crippen molar-refractivity contribution in [2.75, 3.05) is 6.54 Å². The Bertz CT molecular complexity index is 603. The number of sulfonamides is 1. The van der Waals surface area contributed by atoms with Gasteiger partial charge in [-0.3, -0.25) is 9.48 Å². The van der Waals surface area contributed by atoms with Crippen LogP contribution in [0.1, 0.15) is 19.3 Å². The molecule has 104 valence electrons. The molecule has 1 heterocycles. The maximum absolute atomic E-state index is 11.9. The molecule has 0 fully saturated rings. The van der Waals surface area contributed by atoms with E-state index < -0.39 is 16.0 Å². The highest BCUT2D eigenvalue weighted by Gasteiger charge is 2.17. The largest absolute Gasteiger partial charge is 0.480 e. The molecule has 0 unspecified atom stereocenters. The molecule has 0 radical (unpaired) electrons. The highest BCUT2D eigenvalue weighted by molar-refractivity contribution is 7.89. The number of carboxylic acid groups (broad SMARTS) is 1. The zero-order valence-corrected chi connectivity index (χ0v) is 11.1. The summed E-state index contributed by atoms with van der Waals surface area (Å²) in [5, 5.41) is 12.3. The molecule has 1 aliphatic carbocycles. The van der Waals surface area contributed by atoms with Crippen molar-refractivity contribution in [3.63, 3.8) is 0 Å². The van der Waals surface area contributed by atoms with Crippen LogP contribution in [0.5, 0.6) is 0 Å². The van der Waals surface area contributed by atoms with E-state index in [2.05, 4.69) is 9.82 Å². The van der Waals surface area contributed by atoms with Crippen molar-refractivity contribution in [2.45, 2.75) is 30.7 Å². The van der Waals surface area contributed by atoms with Gasteiger partial charge in [-0.15, -0.1) is 0 Å². The third kappa shape index (κ3) is 3.65. The van der Waals surface area contributed by atoms with Crippen LogP contribution < -0.4 is 4.72 Å². The van der Waals surface area contributed by atoms with Gasteiger partial charge in [0.05, 0.1) is 6.20 Å². The number of nitrogens with zero attached hydrogens (tertiary/aromatic N) is 2. The second-order valence-electron chi connectivity index (χ2n) is 4.35. The van der Waals surface area contributed by atoms with Crippen molar-refractivity contribution in [2.24, 2.45) is 0 Å². The predicted molar refractivity (Wildman–Crippen MR) is 67.0 cm³/mol. The van der Waals surface area contributed by atoms with E-state index in [1.165, 1.54) is 6.20 Å². The molecule has 0 atom stereocenters. The first-order valence-corrected chi connectivity index (χ1v) is 7.37. The molecule has 0 aromatic carbocycles. The average Bonchev–Trinajstić information content (AvgIpc) is 2.96. The first-order valence-electron chi connectivity index (χ1n) is 5.89. The fourth-order valence-electron chi connectivity index (χ4n) is 1.88. The van der Waals surface area contributed by atoms with Gasteiger partial charge < -0.3 is 5.11 Å². The van der Waals surface area contributed by atoms with Gasteiger partial charge in [0.1, 0.15) is 11.4 Å². The van der Waals surface area contributed by atoms with Crippen molar-refractivity contribution >= 4 is 16.0 Å². The molecule has 0 saturated carbocycles. The van der Waals surface area contributed by atoms with Gasteiger partial charge in [0, 0.05) is 12.7 Å². The third-order valence-electron chi connectivity index (χ3n) is 2.84. The van der Waals surface area contributed by atoms with Crippen LogP contribution in [-0.2, 0) is 21.4 Å². The van der Waals surface area contributed by atoms with Crippen molar-refractivity contribution in [3.05, 3.63) is 24.0 Å². The van der Waals surface area contributed by atoms with Crippen molar-refractivity contribution < 1.29 is 18.3 Å². The molecule has 7 nitrogen and oxygen atoms in total. The molecule has 2 rings (SSSR count). The summed E-state index contributed by atoms with van der Waals surface area (Å²) in [4.78, 5) is 10.5. The van der Waals surface area contributed by atoms with Crippen LogP contribution in [0, 0.1) is 0 Å². The number of carbonyl (C=O) groups is 1. The SMILES string of the molecule is O=C(O)Cn1cc(S(=O)(=O)NCC2=CCCC2)cn1. The van der Waals surface area contributed by atoms with E-state index in [0.29, 0.717) is 6.54 Å². The summed E-state index contributed by atoms with van der Waals surface area (Å²) in [5.41, 5.74) is 1.08. The average molecular weight is 285 g/mol. The van der Waals surface area contributed by atoms with E-state index >= 15 is 0 Å². The lowest BCUT2D eigenvalue weighted by molar-refractivity contribution is -0.137. The Morgan fingerprint density at radius 2 is 2.32 bits per heavy atom. The first-order chi connectivity index (χ1) is 8.97. The lowest BCUT2D eigenvalue weighted by Crippen LogP contribution is -2.25. The van der Waals surface area contributed by atoms with Crippen molar-refractivity contribution in [1.82, 2.24) is 14.5 Å². The highest BCUT2D eigenvalue weighted by Crippen LogP contribution is 2.17. The monoisotopic (exact) mass is 285 g/mol. The molecule has 0 aliphatic heterocycles. The molecule has 0 saturated heterocycles. The molecular formula is C11H15N3O4S. The van der Waals surface area contributed by atoms with Crippen LogP contribution in [0.25, 0.3) is 0 Å². The third-order valence-corrected chi connectivity index (χ3v) is 4.20. The van der Waals surface area contributed by atoms with Crippen LogP contribution in [0.2, 0.25) is 0 Å². The van der Waals surface area contributed by atoms with Crippen LogP contribution in [0.15, 0.2) is 28.9 Å². The molecule has 8 heteroatoms. The summed E-state index contributed by atoms with van der Waals surface area (Å²) >= 11 is 0. The zero-order valence-electron chi connectivity index (χ0n) is 10.2. The van der Waals surface area contributed by atoms with Crippen molar-refractivity contribution in [1.29, 1.82) is 0 Å². The van der Waals surface area contributed by atoms with Gasteiger partial charge in [-0.25, -0.2) is 13.1 Å². The fourth-order valence-corrected chi connectivity index (χ4v) is 2.87. The number of hydrogen-bond donors (Lipinski definition) is 2. The number of allylic oxidation sites excluding steroid dienone is 1. The molecule has 1 aromatic rings. The number of nitrogens with one attached hydrogen (secondary N) is 1. The summed E-state index contributed by atoms with van der Waals surface area (Å²) in [6, 6.07) is 0. The molecule has 0 amide bonds. The molecular weight excluding hydrogens is 270 g/mol. The minimum atomic E-state index is -3.63. The Balaban J connectivity index is 2.02. The summed E-state index contributed by atoms with van der Waals surface area (Å²) in [5.74, 6) is -1.07. The number of carboxylic acids is 1. The topological polar surface area (TPSA) is 101 Å². The second kappa shape index (κ2) is 5.54. The van der Waals surface area contributed by atoms with Gasteiger partial charge in [-0.1, -0.05) is 11.6 Å². The number of aromatic nitrogens is 2. The van der Waals surface area contributed by atoms with Crippen LogP contribution >= 0.6 is 0 Å². The normalized spacial score (nSPS) is 15.5. The Morgan fingerprint density at radius 3 is 2.95 bits per heavy atom. The first kappa shape index (κ1) is 13.8. The standard InChI is InChI=1S/C11H15N3O4S/c15-11(16)8-14-7-10(6-12-14)19(17,18)13-5-9-3-1-2-4-9/h3,6-7,13H,1-2,4-5,8H2,(H,15,16). The predicted octanol–water partition coefficient (Wildman–Crippen LogP) is 0.356. The van der Waals surface area contributed by atoms with Gasteiger partial charge in [-0.05, 0) is 19.3 Å². The van der Waals surface area contributed by atoms with Gasteiger partial charge in [0.15, 0.2) is 0 Å². The molecule has 19 heavy (non-hydrogen) atoms. The lowest BCUT2D eigenvalue weighted by atomic mass is 10.2. The fraction of sp³-hybridized carbons (Fsp3) is 0.455. The smallest absolute Gasteiger partial charge is 0.325 e. The van der Waals surface area contributed by atoms with Gasteiger partial charge in [0.25, 0.3) is 0 Å². The maximum atomic E-state index is 11.9. The van der Waals surface area contributed by atoms with Gasteiger partial charge in [0.2, 0.25) is 10.0 Å². The number of hydrogen-bond acceptors (Lipinski definition) is 4. The van der Waals surface area contributed by atoms with Crippen LogP contribution in [-0.4, -0.2) is 35.8 Å². The molecule has 0 bridgehead atoms. The molecule has 0 spiro atoms. The van der Waals surface area contributed by atoms with Crippen LogP contribution in [0.3, 0.4) is 0 Å². The molecule has 1 aromatic heterocycles. The van der Waals surface area contributed by atoms with E-state index in [1.807, 2.05) is 6.08 Å². The Labute approximate surface area is 111 Å². The van der Waals surface area contributed by atoms with E-state index in [1.54, 1.807) is 0 Å².